The van der Waals surface area contributed by atoms with Crippen LogP contribution in [0.1, 0.15) is 69.2 Å². The molecule has 1 fully saturated rings. The normalized spacial score (nSPS) is 19.8. The monoisotopic (exact) mass is 781 g/mol. The topological polar surface area (TPSA) is 140 Å². The van der Waals surface area contributed by atoms with Gasteiger partial charge in [0.05, 0.1) is 22.4 Å². The Hall–Kier alpha value is -2.91. The highest BCUT2D eigenvalue weighted by Gasteiger charge is 2.41. The number of alkyl carbamates (subject to hydrolysis) is 1. The van der Waals surface area contributed by atoms with Gasteiger partial charge in [-0.2, -0.15) is 8.42 Å². The average Bonchev–Trinajstić information content (AvgIpc) is 3.40. The molecule has 0 unspecified atom stereocenters. The van der Waals surface area contributed by atoms with E-state index in [1.807, 2.05) is 33.8 Å². The van der Waals surface area contributed by atoms with E-state index in [-0.39, 0.29) is 35.0 Å². The average molecular weight is 783 g/mol. The first-order valence-corrected chi connectivity index (χ1v) is 20.6. The summed E-state index contributed by atoms with van der Waals surface area (Å²) in [5, 5.41) is 4.05. The van der Waals surface area contributed by atoms with Crippen molar-refractivity contribution in [1.29, 1.82) is 0 Å². The lowest BCUT2D eigenvalue weighted by Gasteiger charge is -2.39. The van der Waals surface area contributed by atoms with Gasteiger partial charge in [-0.1, -0.05) is 40.9 Å². The van der Waals surface area contributed by atoms with E-state index < -0.39 is 37.9 Å². The van der Waals surface area contributed by atoms with Gasteiger partial charge in [-0.15, -0.1) is 0 Å². The van der Waals surface area contributed by atoms with Crippen molar-refractivity contribution in [3.63, 3.8) is 0 Å². The molecule has 0 spiro atoms. The summed E-state index contributed by atoms with van der Waals surface area (Å²) in [6.07, 6.45) is 2.13. The number of aryl methyl sites for hydroxylation is 1. The van der Waals surface area contributed by atoms with Crippen LogP contribution < -0.4 is 14.8 Å². The zero-order valence-corrected chi connectivity index (χ0v) is 32.3. The second kappa shape index (κ2) is 16.4. The van der Waals surface area contributed by atoms with Gasteiger partial charge in [-0.3, -0.25) is 9.08 Å². The Morgan fingerprint density at radius 1 is 0.961 bits per heavy atom. The summed E-state index contributed by atoms with van der Waals surface area (Å²) in [5.74, 6) is 0.472. The fourth-order valence-electron chi connectivity index (χ4n) is 6.28. The van der Waals surface area contributed by atoms with Gasteiger partial charge in [-0.25, -0.2) is 17.9 Å². The van der Waals surface area contributed by atoms with E-state index in [1.165, 1.54) is 24.3 Å². The van der Waals surface area contributed by atoms with Gasteiger partial charge in [-0.05, 0) is 120 Å². The quantitative estimate of drug-likeness (QED) is 0.142. The van der Waals surface area contributed by atoms with Crippen LogP contribution in [0.4, 0.5) is 4.79 Å². The van der Waals surface area contributed by atoms with Crippen LogP contribution in [-0.4, -0.2) is 71.8 Å². The third-order valence-corrected chi connectivity index (χ3v) is 12.1. The molecule has 1 heterocycles. The van der Waals surface area contributed by atoms with E-state index in [0.29, 0.717) is 41.6 Å². The number of benzene rings is 3. The largest absolute Gasteiger partial charge is 0.484 e. The lowest BCUT2D eigenvalue weighted by atomic mass is 10.0. The van der Waals surface area contributed by atoms with Crippen molar-refractivity contribution in [3.05, 3.63) is 87.4 Å². The molecule has 3 aromatic carbocycles. The Balaban J connectivity index is 1.19. The third kappa shape index (κ3) is 10.6. The van der Waals surface area contributed by atoms with Crippen LogP contribution in [0.25, 0.3) is 0 Å². The number of hydrogen-bond acceptors (Lipinski definition) is 9. The molecule has 0 bridgehead atoms. The van der Waals surface area contributed by atoms with Gasteiger partial charge in [0.25, 0.3) is 10.1 Å². The maximum atomic E-state index is 13.0. The lowest BCUT2D eigenvalue weighted by molar-refractivity contribution is 0.0362. The summed E-state index contributed by atoms with van der Waals surface area (Å²) >= 11 is 13.1. The molecule has 0 saturated carbocycles. The Labute approximate surface area is 311 Å². The molecule has 0 radical (unpaired) electrons. The van der Waals surface area contributed by atoms with Gasteiger partial charge in [0.15, 0.2) is 0 Å². The highest BCUT2D eigenvalue weighted by Crippen LogP contribution is 2.43. The Morgan fingerprint density at radius 2 is 1.65 bits per heavy atom. The number of piperidine rings is 1. The van der Waals surface area contributed by atoms with E-state index in [9.17, 15) is 21.6 Å². The van der Waals surface area contributed by atoms with Crippen molar-refractivity contribution in [2.45, 2.75) is 93.4 Å². The van der Waals surface area contributed by atoms with E-state index in [1.54, 1.807) is 30.3 Å². The maximum absolute atomic E-state index is 13.0. The van der Waals surface area contributed by atoms with Crippen LogP contribution in [0.5, 0.6) is 5.75 Å². The molecular formula is C36H45Cl2N3O8S2. The Morgan fingerprint density at radius 3 is 2.33 bits per heavy atom. The maximum Gasteiger partial charge on any atom is 0.407 e. The molecule has 2 aliphatic rings. The highest BCUT2D eigenvalue weighted by molar-refractivity contribution is 7.89. The highest BCUT2D eigenvalue weighted by atomic mass is 35.5. The van der Waals surface area contributed by atoms with Crippen molar-refractivity contribution in [2.75, 3.05) is 26.2 Å². The predicted octanol–water partition coefficient (Wildman–Crippen LogP) is 6.80. The zero-order chi connectivity index (χ0) is 37.0. The van der Waals surface area contributed by atoms with E-state index in [4.69, 9.17) is 36.9 Å². The first-order valence-electron chi connectivity index (χ1n) is 16.9. The number of sulfonamides is 1. The summed E-state index contributed by atoms with van der Waals surface area (Å²) in [6.45, 7) is 8.79. The molecule has 1 aliphatic carbocycles. The number of nitrogens with one attached hydrogen (secondary N) is 2. The Bertz CT molecular complexity index is 1900. The number of rotatable bonds is 13. The van der Waals surface area contributed by atoms with E-state index in [0.717, 1.165) is 36.1 Å². The number of halogens is 2. The molecule has 0 aromatic heterocycles. The molecule has 5 rings (SSSR count). The first-order chi connectivity index (χ1) is 24.0. The molecule has 1 amide bonds. The smallest absolute Gasteiger partial charge is 0.407 e. The predicted molar refractivity (Wildman–Crippen MR) is 196 cm³/mol. The fourth-order valence-corrected chi connectivity index (χ4v) is 8.88. The van der Waals surface area contributed by atoms with Gasteiger partial charge in [0.1, 0.15) is 17.5 Å². The summed E-state index contributed by atoms with van der Waals surface area (Å²) in [7, 11) is -7.71. The van der Waals surface area contributed by atoms with Crippen molar-refractivity contribution < 1.29 is 35.3 Å². The van der Waals surface area contributed by atoms with Gasteiger partial charge < -0.3 is 14.8 Å². The lowest BCUT2D eigenvalue weighted by Crippen LogP contribution is -2.53. The molecule has 15 heteroatoms. The number of hydrogen-bond donors (Lipinski definition) is 2. The zero-order valence-electron chi connectivity index (χ0n) is 29.2. The number of unbranched alkanes of at least 4 members (excludes halogenated alkanes) is 1. The molecule has 1 saturated heterocycles. The first kappa shape index (κ1) is 39.3. The third-order valence-electron chi connectivity index (χ3n) is 8.72. The molecule has 3 aromatic rings. The van der Waals surface area contributed by atoms with Crippen molar-refractivity contribution >= 4 is 49.4 Å². The number of amides is 1. The van der Waals surface area contributed by atoms with Crippen LogP contribution in [-0.2, 0) is 35.5 Å². The van der Waals surface area contributed by atoms with E-state index in [2.05, 4.69) is 14.9 Å². The summed E-state index contributed by atoms with van der Waals surface area (Å²) in [5.41, 5.74) is 2.15. The molecule has 1 aliphatic heterocycles. The second-order valence-electron chi connectivity index (χ2n) is 13.9. The number of fused-ring (bicyclic) bond motifs is 1. The van der Waals surface area contributed by atoms with Crippen LogP contribution in [0, 0.1) is 6.92 Å². The molecule has 2 N–H and O–H groups in total. The van der Waals surface area contributed by atoms with Gasteiger partial charge in [0, 0.05) is 34.7 Å². The molecule has 11 nitrogen and oxygen atoms in total. The van der Waals surface area contributed by atoms with Gasteiger partial charge in [0.2, 0.25) is 10.0 Å². The minimum absolute atomic E-state index is 0.0644. The number of carbonyl (C=O) groups excluding carboxylic acids is 1. The SMILES string of the molecule is Cc1ccc(S(=O)(=O)OCCCCNS(=O)(=O)c2ccc(O[C@H]3c4cc(Cl)cc(Cl)c4C[C@@H]3N3CCC[C@@H](NC(=O)OC(C)(C)C)C3)cc2)cc1. The number of nitrogens with zero attached hydrogens (tertiary/aromatic N) is 1. The minimum Gasteiger partial charge on any atom is -0.484 e. The van der Waals surface area contributed by atoms with Crippen LogP contribution in [0.3, 0.4) is 0 Å². The number of likely N-dealkylation sites (tertiary alicyclic amines) is 1. The van der Waals surface area contributed by atoms with Crippen molar-refractivity contribution in [3.8, 4) is 5.75 Å². The van der Waals surface area contributed by atoms with E-state index >= 15 is 0 Å². The molecular weight excluding hydrogens is 737 g/mol. The summed E-state index contributed by atoms with van der Waals surface area (Å²) in [6, 6.07) is 15.9. The standard InChI is InChI=1S/C36H45Cl2N3O8S2/c1-24-9-13-29(14-10-24)51(45,46)47-19-6-5-17-39-50(43,44)28-15-11-27(12-16-28)48-34-31-20-25(37)21-32(38)30(31)22-33(34)41-18-7-8-26(23-41)40-35(42)49-36(2,3)4/h9-16,20-21,26,33-34,39H,5-8,17-19,22-23H2,1-4H3,(H,40,42)/t26-,33+,34+/m1/s1. The van der Waals surface area contributed by atoms with Crippen molar-refractivity contribution in [2.24, 2.45) is 0 Å². The molecule has 51 heavy (non-hydrogen) atoms. The number of ether oxygens (including phenoxy) is 2. The van der Waals surface area contributed by atoms with Gasteiger partial charge >= 0.3 is 6.09 Å². The molecule has 3 atom stereocenters. The summed E-state index contributed by atoms with van der Waals surface area (Å²) in [4.78, 5) is 15.0. The number of carbonyl (C=O) groups is 1. The fraction of sp³-hybridized carbons (Fsp3) is 0.472. The second-order valence-corrected chi connectivity index (χ2v) is 18.1. The summed E-state index contributed by atoms with van der Waals surface area (Å²) < 4.78 is 70.5. The van der Waals surface area contributed by atoms with Crippen LogP contribution >= 0.6 is 23.2 Å². The Kier molecular flexibility index (Phi) is 12.6. The van der Waals surface area contributed by atoms with Crippen LogP contribution in [0.15, 0.2) is 70.5 Å². The van der Waals surface area contributed by atoms with Crippen LogP contribution in [0.2, 0.25) is 10.0 Å². The molecule has 278 valence electrons. The van der Waals surface area contributed by atoms with Crippen molar-refractivity contribution in [1.82, 2.24) is 14.9 Å². The minimum atomic E-state index is -3.88.